The summed E-state index contributed by atoms with van der Waals surface area (Å²) in [7, 11) is -3.80. The van der Waals surface area contributed by atoms with E-state index in [9.17, 15) is 8.42 Å². The first-order valence-corrected chi connectivity index (χ1v) is 9.60. The molecule has 0 atom stereocenters. The molecular weight excluding hydrogens is 344 g/mol. The van der Waals surface area contributed by atoms with E-state index in [1.54, 1.807) is 18.2 Å². The van der Waals surface area contributed by atoms with Crippen molar-refractivity contribution in [3.8, 4) is 0 Å². The molecule has 0 unspecified atom stereocenters. The summed E-state index contributed by atoms with van der Waals surface area (Å²) in [5, 5.41) is 0.885. The summed E-state index contributed by atoms with van der Waals surface area (Å²) >= 11 is 0. The number of nitrogens with zero attached hydrogens (tertiary/aromatic N) is 2. The summed E-state index contributed by atoms with van der Waals surface area (Å²) < 4.78 is 27.8. The van der Waals surface area contributed by atoms with Crippen molar-refractivity contribution in [2.75, 3.05) is 0 Å². The van der Waals surface area contributed by atoms with Gasteiger partial charge in [-0.2, -0.15) is 8.42 Å². The molecule has 0 amide bonds. The normalized spacial score (nSPS) is 12.0. The maximum atomic E-state index is 13.2. The van der Waals surface area contributed by atoms with Crippen LogP contribution in [0.15, 0.2) is 90.1 Å². The average molecular weight is 360 g/mol. The molecule has 2 aromatic heterocycles. The Labute approximate surface area is 152 Å². The van der Waals surface area contributed by atoms with E-state index in [-0.39, 0.29) is 5.03 Å². The van der Waals surface area contributed by atoms with Crippen LogP contribution in [0.2, 0.25) is 0 Å². The fourth-order valence-electron chi connectivity index (χ4n) is 2.87. The predicted octanol–water partition coefficient (Wildman–Crippen LogP) is 4.44. The smallest absolute Gasteiger partial charge is 0.243 e. The number of benzene rings is 2. The SMILES string of the molecule is O=S(=O)(c1ccccn1)n1c(/C=C/c2ccccc2)cc2ccccc21. The topological polar surface area (TPSA) is 52.0 Å². The van der Waals surface area contributed by atoms with Crippen LogP contribution in [0.5, 0.6) is 0 Å². The van der Waals surface area contributed by atoms with Crippen LogP contribution >= 0.6 is 0 Å². The van der Waals surface area contributed by atoms with Gasteiger partial charge in [0, 0.05) is 11.6 Å². The Balaban J connectivity index is 1.92. The minimum absolute atomic E-state index is 0.0238. The van der Waals surface area contributed by atoms with Crippen LogP contribution in [0, 0.1) is 0 Å². The Bertz CT molecular complexity index is 1180. The molecule has 0 fully saturated rings. The highest BCUT2D eigenvalue weighted by atomic mass is 32.2. The van der Waals surface area contributed by atoms with Crippen molar-refractivity contribution >= 4 is 33.1 Å². The van der Waals surface area contributed by atoms with Crippen molar-refractivity contribution in [1.29, 1.82) is 0 Å². The standard InChI is InChI=1S/C21H16N2O2S/c24-26(25,21-12-6-7-15-22-21)23-19(14-13-17-8-2-1-3-9-17)16-18-10-4-5-11-20(18)23/h1-16H/b14-13+. The fourth-order valence-corrected chi connectivity index (χ4v) is 4.32. The summed E-state index contributed by atoms with van der Waals surface area (Å²) in [5.74, 6) is 0. The van der Waals surface area contributed by atoms with E-state index < -0.39 is 10.0 Å². The number of fused-ring (bicyclic) bond motifs is 1. The second-order valence-electron chi connectivity index (χ2n) is 5.81. The molecule has 0 N–H and O–H groups in total. The Hall–Kier alpha value is -3.18. The minimum Gasteiger partial charge on any atom is -0.243 e. The minimum atomic E-state index is -3.80. The molecule has 0 aliphatic rings. The monoisotopic (exact) mass is 360 g/mol. The first-order chi connectivity index (χ1) is 12.7. The first kappa shape index (κ1) is 16.3. The van der Waals surface area contributed by atoms with Gasteiger partial charge >= 0.3 is 0 Å². The molecule has 0 aliphatic carbocycles. The van der Waals surface area contributed by atoms with Gasteiger partial charge in [0.25, 0.3) is 10.0 Å². The third-order valence-corrected chi connectivity index (χ3v) is 5.74. The van der Waals surface area contributed by atoms with Crippen molar-refractivity contribution in [2.24, 2.45) is 0 Å². The molecule has 4 aromatic rings. The molecular formula is C21H16N2O2S. The molecule has 0 bridgehead atoms. The highest BCUT2D eigenvalue weighted by Gasteiger charge is 2.22. The zero-order chi connectivity index (χ0) is 18.0. The van der Waals surface area contributed by atoms with E-state index in [0.717, 1.165) is 10.9 Å². The summed E-state index contributed by atoms with van der Waals surface area (Å²) in [6.45, 7) is 0. The first-order valence-electron chi connectivity index (χ1n) is 8.16. The van der Waals surface area contributed by atoms with E-state index >= 15 is 0 Å². The Morgan fingerprint density at radius 3 is 2.31 bits per heavy atom. The van der Waals surface area contributed by atoms with Crippen LogP contribution < -0.4 is 0 Å². The lowest BCUT2D eigenvalue weighted by Gasteiger charge is -2.09. The van der Waals surface area contributed by atoms with Gasteiger partial charge in [-0.25, -0.2) is 8.96 Å². The summed E-state index contributed by atoms with van der Waals surface area (Å²) in [6, 6.07) is 23.9. The van der Waals surface area contributed by atoms with Crippen LogP contribution in [-0.2, 0) is 10.0 Å². The van der Waals surface area contributed by atoms with Crippen LogP contribution in [0.1, 0.15) is 11.3 Å². The molecule has 5 heteroatoms. The van der Waals surface area contributed by atoms with E-state index in [1.165, 1.54) is 16.2 Å². The van der Waals surface area contributed by atoms with Crippen molar-refractivity contribution in [2.45, 2.75) is 5.03 Å². The van der Waals surface area contributed by atoms with Crippen molar-refractivity contribution in [3.05, 3.63) is 96.3 Å². The highest BCUT2D eigenvalue weighted by Crippen LogP contribution is 2.26. The number of hydrogen-bond acceptors (Lipinski definition) is 3. The van der Waals surface area contributed by atoms with E-state index in [0.29, 0.717) is 11.2 Å². The fraction of sp³-hybridized carbons (Fsp3) is 0. The maximum Gasteiger partial charge on any atom is 0.286 e. The van der Waals surface area contributed by atoms with Gasteiger partial charge in [-0.3, -0.25) is 0 Å². The molecule has 0 aliphatic heterocycles. The Morgan fingerprint density at radius 1 is 0.808 bits per heavy atom. The molecule has 0 saturated heterocycles. The average Bonchev–Trinajstić information content (AvgIpc) is 3.07. The number of hydrogen-bond donors (Lipinski definition) is 0. The van der Waals surface area contributed by atoms with Gasteiger partial charge in [-0.05, 0) is 35.9 Å². The van der Waals surface area contributed by atoms with E-state index in [2.05, 4.69) is 4.98 Å². The maximum absolute atomic E-state index is 13.2. The number of pyridine rings is 1. The van der Waals surface area contributed by atoms with Gasteiger partial charge in [0.15, 0.2) is 5.03 Å². The predicted molar refractivity (Wildman–Crippen MR) is 104 cm³/mol. The quantitative estimate of drug-likeness (QED) is 0.540. The molecule has 4 rings (SSSR count). The van der Waals surface area contributed by atoms with E-state index in [4.69, 9.17) is 0 Å². The van der Waals surface area contributed by atoms with Crippen molar-refractivity contribution < 1.29 is 8.42 Å². The van der Waals surface area contributed by atoms with Gasteiger partial charge < -0.3 is 0 Å². The Kier molecular flexibility index (Phi) is 4.14. The van der Waals surface area contributed by atoms with Crippen molar-refractivity contribution in [1.82, 2.24) is 8.96 Å². The Morgan fingerprint density at radius 2 is 1.54 bits per heavy atom. The van der Waals surface area contributed by atoms with Gasteiger partial charge in [0.1, 0.15) is 0 Å². The number of aromatic nitrogens is 2. The third-order valence-electron chi connectivity index (χ3n) is 4.08. The lowest BCUT2D eigenvalue weighted by Crippen LogP contribution is -2.15. The molecule has 0 spiro atoms. The van der Waals surface area contributed by atoms with Crippen LogP contribution in [0.4, 0.5) is 0 Å². The number of rotatable bonds is 4. The van der Waals surface area contributed by atoms with Crippen LogP contribution in [0.25, 0.3) is 23.1 Å². The summed E-state index contributed by atoms with van der Waals surface area (Å²) in [5.41, 5.74) is 2.21. The molecule has 26 heavy (non-hydrogen) atoms. The molecule has 4 nitrogen and oxygen atoms in total. The van der Waals surface area contributed by atoms with Gasteiger partial charge in [-0.15, -0.1) is 0 Å². The summed E-state index contributed by atoms with van der Waals surface area (Å²) in [6.07, 6.45) is 5.20. The zero-order valence-corrected chi connectivity index (χ0v) is 14.7. The molecule has 0 saturated carbocycles. The van der Waals surface area contributed by atoms with E-state index in [1.807, 2.05) is 66.7 Å². The zero-order valence-electron chi connectivity index (χ0n) is 13.9. The largest absolute Gasteiger partial charge is 0.286 e. The summed E-state index contributed by atoms with van der Waals surface area (Å²) in [4.78, 5) is 4.04. The second-order valence-corrected chi connectivity index (χ2v) is 7.54. The van der Waals surface area contributed by atoms with Crippen LogP contribution in [0.3, 0.4) is 0 Å². The lowest BCUT2D eigenvalue weighted by molar-refractivity contribution is 0.585. The van der Waals surface area contributed by atoms with Crippen LogP contribution in [-0.4, -0.2) is 17.4 Å². The highest BCUT2D eigenvalue weighted by molar-refractivity contribution is 7.90. The van der Waals surface area contributed by atoms with Gasteiger partial charge in [0.2, 0.25) is 0 Å². The molecule has 2 aromatic carbocycles. The molecule has 128 valence electrons. The number of para-hydroxylation sites is 1. The van der Waals surface area contributed by atoms with Gasteiger partial charge in [0.05, 0.1) is 11.2 Å². The second kappa shape index (κ2) is 6.61. The molecule has 2 heterocycles. The molecule has 0 radical (unpaired) electrons. The lowest BCUT2D eigenvalue weighted by atomic mass is 10.2. The van der Waals surface area contributed by atoms with Crippen molar-refractivity contribution in [3.63, 3.8) is 0 Å². The van der Waals surface area contributed by atoms with Gasteiger partial charge in [-0.1, -0.05) is 60.7 Å². The third kappa shape index (κ3) is 2.93.